The molecule has 0 saturated heterocycles. The molecule has 0 spiro atoms. The fourth-order valence-electron chi connectivity index (χ4n) is 2.24. The van der Waals surface area contributed by atoms with Crippen molar-refractivity contribution >= 4 is 0 Å². The van der Waals surface area contributed by atoms with Crippen LogP contribution in [0.3, 0.4) is 0 Å². The molecule has 1 aliphatic carbocycles. The van der Waals surface area contributed by atoms with Crippen LogP contribution in [0.2, 0.25) is 0 Å². The third kappa shape index (κ3) is 2.28. The quantitative estimate of drug-likeness (QED) is 0.826. The van der Waals surface area contributed by atoms with Gasteiger partial charge >= 0.3 is 5.69 Å². The van der Waals surface area contributed by atoms with E-state index < -0.39 is 11.2 Å². The second kappa shape index (κ2) is 4.39. The number of H-pyrrole nitrogens is 1. The van der Waals surface area contributed by atoms with Crippen LogP contribution in [-0.2, 0) is 6.42 Å². The first-order chi connectivity index (χ1) is 8.04. The van der Waals surface area contributed by atoms with Gasteiger partial charge in [0.1, 0.15) is 0 Å². The predicted molar refractivity (Wildman–Crippen MR) is 64.4 cm³/mol. The largest absolute Gasteiger partial charge is 0.494 e. The van der Waals surface area contributed by atoms with Crippen LogP contribution in [0.25, 0.3) is 0 Å². The zero-order chi connectivity index (χ0) is 12.6. The second-order valence-corrected chi connectivity index (χ2v) is 4.81. The van der Waals surface area contributed by atoms with E-state index in [4.69, 9.17) is 0 Å². The van der Waals surface area contributed by atoms with Crippen molar-refractivity contribution in [1.82, 2.24) is 9.55 Å². The highest BCUT2D eigenvalue weighted by molar-refractivity contribution is 5.23. The van der Waals surface area contributed by atoms with Gasteiger partial charge in [0.05, 0.1) is 5.56 Å². The van der Waals surface area contributed by atoms with E-state index in [-0.39, 0.29) is 17.5 Å². The first-order valence-electron chi connectivity index (χ1n) is 6.11. The van der Waals surface area contributed by atoms with E-state index in [1.54, 1.807) is 6.92 Å². The average Bonchev–Trinajstić information content (AvgIpc) is 3.01. The zero-order valence-electron chi connectivity index (χ0n) is 10.2. The smallest absolute Gasteiger partial charge is 0.331 e. The lowest BCUT2D eigenvalue weighted by molar-refractivity contribution is 0.349. The maximum atomic E-state index is 11.7. The molecule has 5 nitrogen and oxygen atoms in total. The van der Waals surface area contributed by atoms with Crippen molar-refractivity contribution in [3.05, 3.63) is 26.4 Å². The molecule has 1 heterocycles. The van der Waals surface area contributed by atoms with E-state index in [2.05, 4.69) is 4.98 Å². The molecular weight excluding hydrogens is 220 g/mol. The normalized spacial score (nSPS) is 17.1. The lowest BCUT2D eigenvalue weighted by Gasteiger charge is -2.17. The van der Waals surface area contributed by atoms with Crippen molar-refractivity contribution in [2.24, 2.45) is 5.92 Å². The molecule has 1 aromatic heterocycles. The van der Waals surface area contributed by atoms with Gasteiger partial charge in [-0.3, -0.25) is 14.3 Å². The summed E-state index contributed by atoms with van der Waals surface area (Å²) in [4.78, 5) is 25.5. The molecule has 2 N–H and O–H groups in total. The van der Waals surface area contributed by atoms with Gasteiger partial charge in [-0.2, -0.15) is 0 Å². The Kier molecular flexibility index (Phi) is 3.09. The zero-order valence-corrected chi connectivity index (χ0v) is 10.2. The Hall–Kier alpha value is -1.52. The topological polar surface area (TPSA) is 75.1 Å². The van der Waals surface area contributed by atoms with Gasteiger partial charge in [0.2, 0.25) is 5.88 Å². The minimum absolute atomic E-state index is 0.0721. The van der Waals surface area contributed by atoms with Gasteiger partial charge < -0.3 is 5.11 Å². The number of nitrogens with one attached hydrogen (secondary N) is 1. The van der Waals surface area contributed by atoms with E-state index in [1.807, 2.05) is 6.92 Å². The first kappa shape index (κ1) is 12.0. The second-order valence-electron chi connectivity index (χ2n) is 4.81. The van der Waals surface area contributed by atoms with Gasteiger partial charge in [-0.05, 0) is 25.7 Å². The Labute approximate surface area is 99.1 Å². The monoisotopic (exact) mass is 238 g/mol. The summed E-state index contributed by atoms with van der Waals surface area (Å²) in [5, 5.41) is 10.00. The molecule has 94 valence electrons. The molecule has 0 amide bonds. The molecule has 0 aromatic carbocycles. The summed E-state index contributed by atoms with van der Waals surface area (Å²) in [5.41, 5.74) is -0.713. The van der Waals surface area contributed by atoms with Crippen LogP contribution in [0, 0.1) is 5.92 Å². The number of hydrogen-bond acceptors (Lipinski definition) is 3. The summed E-state index contributed by atoms with van der Waals surface area (Å²) in [6.45, 7) is 3.68. The number of aromatic nitrogens is 2. The van der Waals surface area contributed by atoms with Crippen LogP contribution < -0.4 is 11.2 Å². The fraction of sp³-hybridized carbons (Fsp3) is 0.667. The van der Waals surface area contributed by atoms with E-state index in [1.165, 1.54) is 17.4 Å². The average molecular weight is 238 g/mol. The molecule has 1 saturated carbocycles. The molecule has 0 aliphatic heterocycles. The van der Waals surface area contributed by atoms with E-state index in [0.717, 1.165) is 6.42 Å². The maximum absolute atomic E-state index is 11.7. The number of aromatic amines is 1. The first-order valence-corrected chi connectivity index (χ1v) is 6.11. The Morgan fingerprint density at radius 1 is 1.47 bits per heavy atom. The summed E-state index contributed by atoms with van der Waals surface area (Å²) in [7, 11) is 0. The summed E-state index contributed by atoms with van der Waals surface area (Å²) in [6.07, 6.45) is 3.69. The van der Waals surface area contributed by atoms with E-state index in [9.17, 15) is 14.7 Å². The molecule has 2 rings (SSSR count). The third-order valence-electron chi connectivity index (χ3n) is 3.38. The maximum Gasteiger partial charge on any atom is 0.331 e. The van der Waals surface area contributed by atoms with Crippen molar-refractivity contribution in [3.8, 4) is 5.88 Å². The molecule has 17 heavy (non-hydrogen) atoms. The van der Waals surface area contributed by atoms with Gasteiger partial charge in [-0.15, -0.1) is 0 Å². The Bertz CT molecular complexity index is 526. The van der Waals surface area contributed by atoms with Crippen molar-refractivity contribution < 1.29 is 5.11 Å². The minimum Gasteiger partial charge on any atom is -0.494 e. The van der Waals surface area contributed by atoms with Crippen molar-refractivity contribution in [3.63, 3.8) is 0 Å². The summed E-state index contributed by atoms with van der Waals surface area (Å²) < 4.78 is 1.30. The van der Waals surface area contributed by atoms with Gasteiger partial charge in [0, 0.05) is 6.04 Å². The standard InChI is InChI=1S/C12H18N2O3/c1-3-9-10(15)13-12(17)14(11(9)16)7(2)6-8-4-5-8/h7-8,16H,3-6H2,1-2H3,(H,13,15,17). The fourth-order valence-corrected chi connectivity index (χ4v) is 2.24. The van der Waals surface area contributed by atoms with Gasteiger partial charge in [-0.25, -0.2) is 4.79 Å². The number of rotatable bonds is 4. The summed E-state index contributed by atoms with van der Waals surface area (Å²) in [5.74, 6) is 0.489. The molecule has 0 bridgehead atoms. The van der Waals surface area contributed by atoms with Crippen LogP contribution in [-0.4, -0.2) is 14.7 Å². The SMILES string of the molecule is CCc1c(O)n(C(C)CC2CC2)c(=O)[nH]c1=O. The minimum atomic E-state index is -0.516. The predicted octanol–water partition coefficient (Wildman–Crippen LogP) is 1.17. The number of nitrogens with zero attached hydrogens (tertiary/aromatic N) is 1. The summed E-state index contributed by atoms with van der Waals surface area (Å²) >= 11 is 0. The molecular formula is C12H18N2O3. The summed E-state index contributed by atoms with van der Waals surface area (Å²) in [6, 6.07) is -0.0721. The molecule has 1 fully saturated rings. The molecule has 1 atom stereocenters. The van der Waals surface area contributed by atoms with Crippen LogP contribution in [0.4, 0.5) is 0 Å². The van der Waals surface area contributed by atoms with Crippen molar-refractivity contribution in [2.75, 3.05) is 0 Å². The van der Waals surface area contributed by atoms with E-state index >= 15 is 0 Å². The number of aromatic hydroxyl groups is 1. The molecule has 1 aromatic rings. The molecule has 5 heteroatoms. The van der Waals surface area contributed by atoms with Gasteiger partial charge in [0.25, 0.3) is 5.56 Å². The lowest BCUT2D eigenvalue weighted by atomic mass is 10.1. The highest BCUT2D eigenvalue weighted by Crippen LogP contribution is 2.37. The van der Waals surface area contributed by atoms with Crippen LogP contribution >= 0.6 is 0 Å². The molecule has 1 aliphatic rings. The lowest BCUT2D eigenvalue weighted by Crippen LogP contribution is -2.33. The highest BCUT2D eigenvalue weighted by atomic mass is 16.3. The molecule has 0 radical (unpaired) electrons. The van der Waals surface area contributed by atoms with Crippen LogP contribution in [0.5, 0.6) is 5.88 Å². The van der Waals surface area contributed by atoms with Crippen molar-refractivity contribution in [1.29, 1.82) is 0 Å². The van der Waals surface area contributed by atoms with Gasteiger partial charge in [-0.1, -0.05) is 19.8 Å². The Balaban J connectivity index is 2.44. The van der Waals surface area contributed by atoms with Crippen molar-refractivity contribution in [2.45, 2.75) is 45.6 Å². The molecule has 1 unspecified atom stereocenters. The Morgan fingerprint density at radius 3 is 2.65 bits per heavy atom. The van der Waals surface area contributed by atoms with E-state index in [0.29, 0.717) is 12.3 Å². The third-order valence-corrected chi connectivity index (χ3v) is 3.38. The van der Waals surface area contributed by atoms with Crippen LogP contribution in [0.15, 0.2) is 9.59 Å². The highest BCUT2D eigenvalue weighted by Gasteiger charge is 2.26. The number of hydrogen-bond donors (Lipinski definition) is 2. The Morgan fingerprint density at radius 2 is 2.12 bits per heavy atom. The van der Waals surface area contributed by atoms with Gasteiger partial charge in [0.15, 0.2) is 0 Å². The van der Waals surface area contributed by atoms with Crippen LogP contribution in [0.1, 0.15) is 44.7 Å².